The van der Waals surface area contributed by atoms with Gasteiger partial charge in [0.1, 0.15) is 11.6 Å². The number of nitrogens with zero attached hydrogens (tertiary/aromatic N) is 2. The standard InChI is InChI=1S/C21H17N3O4S/c1-13(20(26)24-11-18(25)22-15-9-5-6-10-17(15)24)28-21(27)16-12-29-19(23-16)14-7-3-2-4-8-14/h2-10,12-13H,11H2,1H3,(H,22,25)/t13-/m0/s1. The minimum atomic E-state index is -1.07. The van der Waals surface area contributed by atoms with Crippen molar-refractivity contribution in [1.82, 2.24) is 4.98 Å². The molecule has 0 fully saturated rings. The van der Waals surface area contributed by atoms with Crippen LogP contribution in [0, 0.1) is 0 Å². The minimum absolute atomic E-state index is 0.132. The lowest BCUT2D eigenvalue weighted by atomic mass is 10.1. The number of thiazole rings is 1. The molecule has 0 aliphatic carbocycles. The Morgan fingerprint density at radius 1 is 1.14 bits per heavy atom. The molecular formula is C21H17N3O4S. The molecule has 2 amide bonds. The summed E-state index contributed by atoms with van der Waals surface area (Å²) in [5.41, 5.74) is 2.16. The summed E-state index contributed by atoms with van der Waals surface area (Å²) < 4.78 is 5.33. The monoisotopic (exact) mass is 407 g/mol. The Balaban J connectivity index is 1.48. The van der Waals surface area contributed by atoms with Crippen molar-refractivity contribution in [3.05, 3.63) is 65.7 Å². The van der Waals surface area contributed by atoms with E-state index < -0.39 is 18.0 Å². The zero-order valence-corrected chi connectivity index (χ0v) is 16.3. The average molecular weight is 407 g/mol. The van der Waals surface area contributed by atoms with Crippen LogP contribution in [0.2, 0.25) is 0 Å². The van der Waals surface area contributed by atoms with Crippen molar-refractivity contribution in [1.29, 1.82) is 0 Å². The minimum Gasteiger partial charge on any atom is -0.448 e. The third-order valence-corrected chi connectivity index (χ3v) is 5.29. The number of aromatic nitrogens is 1. The number of para-hydroxylation sites is 2. The van der Waals surface area contributed by atoms with Crippen molar-refractivity contribution in [3.8, 4) is 10.6 Å². The third kappa shape index (κ3) is 3.88. The van der Waals surface area contributed by atoms with Gasteiger partial charge in [-0.3, -0.25) is 14.5 Å². The van der Waals surface area contributed by atoms with E-state index in [-0.39, 0.29) is 18.1 Å². The molecule has 1 aromatic heterocycles. The molecule has 1 N–H and O–H groups in total. The summed E-state index contributed by atoms with van der Waals surface area (Å²) in [7, 11) is 0. The number of amides is 2. The van der Waals surface area contributed by atoms with Gasteiger partial charge in [-0.15, -0.1) is 11.3 Å². The number of hydrogen-bond donors (Lipinski definition) is 1. The fourth-order valence-electron chi connectivity index (χ4n) is 3.00. The maximum Gasteiger partial charge on any atom is 0.358 e. The van der Waals surface area contributed by atoms with Gasteiger partial charge in [0.05, 0.1) is 11.4 Å². The van der Waals surface area contributed by atoms with E-state index in [0.717, 1.165) is 5.56 Å². The summed E-state index contributed by atoms with van der Waals surface area (Å²) in [4.78, 5) is 42.9. The topological polar surface area (TPSA) is 88.6 Å². The van der Waals surface area contributed by atoms with Gasteiger partial charge in [-0.25, -0.2) is 9.78 Å². The van der Waals surface area contributed by atoms with E-state index >= 15 is 0 Å². The van der Waals surface area contributed by atoms with Crippen LogP contribution < -0.4 is 10.2 Å². The smallest absolute Gasteiger partial charge is 0.358 e. The summed E-state index contributed by atoms with van der Waals surface area (Å²) >= 11 is 1.33. The molecule has 1 atom stereocenters. The second-order valence-electron chi connectivity index (χ2n) is 6.44. The van der Waals surface area contributed by atoms with Gasteiger partial charge in [-0.05, 0) is 19.1 Å². The molecule has 4 rings (SSSR count). The highest BCUT2D eigenvalue weighted by atomic mass is 32.1. The molecule has 0 bridgehead atoms. The molecule has 0 spiro atoms. The molecule has 3 aromatic rings. The maximum atomic E-state index is 12.9. The van der Waals surface area contributed by atoms with Gasteiger partial charge in [0, 0.05) is 10.9 Å². The predicted octanol–water partition coefficient (Wildman–Crippen LogP) is 3.34. The highest BCUT2D eigenvalue weighted by molar-refractivity contribution is 7.13. The number of benzene rings is 2. The maximum absolute atomic E-state index is 12.9. The second kappa shape index (κ2) is 7.84. The highest BCUT2D eigenvalue weighted by Gasteiger charge is 2.31. The molecule has 29 heavy (non-hydrogen) atoms. The van der Waals surface area contributed by atoms with E-state index in [9.17, 15) is 14.4 Å². The molecular weight excluding hydrogens is 390 g/mol. The lowest BCUT2D eigenvalue weighted by molar-refractivity contribution is -0.128. The first-order valence-electron chi connectivity index (χ1n) is 8.95. The first-order chi connectivity index (χ1) is 14.0. The van der Waals surface area contributed by atoms with Crippen LogP contribution in [0.4, 0.5) is 11.4 Å². The zero-order valence-electron chi connectivity index (χ0n) is 15.5. The van der Waals surface area contributed by atoms with Gasteiger partial charge in [-0.2, -0.15) is 0 Å². The highest BCUT2D eigenvalue weighted by Crippen LogP contribution is 2.30. The molecule has 1 aliphatic rings. The van der Waals surface area contributed by atoms with E-state index in [2.05, 4.69) is 10.3 Å². The number of carbonyl (C=O) groups excluding carboxylic acids is 3. The van der Waals surface area contributed by atoms with Crippen LogP contribution >= 0.6 is 11.3 Å². The summed E-state index contributed by atoms with van der Waals surface area (Å²) in [5, 5.41) is 5.01. The number of fused-ring (bicyclic) bond motifs is 1. The van der Waals surface area contributed by atoms with E-state index in [4.69, 9.17) is 4.74 Å². The van der Waals surface area contributed by atoms with E-state index in [1.807, 2.05) is 30.3 Å². The van der Waals surface area contributed by atoms with Gasteiger partial charge in [0.25, 0.3) is 5.91 Å². The van der Waals surface area contributed by atoms with Gasteiger partial charge in [-0.1, -0.05) is 42.5 Å². The molecule has 0 saturated heterocycles. The van der Waals surface area contributed by atoms with Crippen molar-refractivity contribution in [2.75, 3.05) is 16.8 Å². The molecule has 7 nitrogen and oxygen atoms in total. The largest absolute Gasteiger partial charge is 0.448 e. The molecule has 8 heteroatoms. The molecule has 0 radical (unpaired) electrons. The summed E-state index contributed by atoms with van der Waals surface area (Å²) in [6.45, 7) is 1.35. The Hall–Kier alpha value is -3.52. The molecule has 1 aliphatic heterocycles. The molecule has 0 saturated carbocycles. The Labute approximate surface area is 170 Å². The lowest BCUT2D eigenvalue weighted by Gasteiger charge is -2.30. The van der Waals surface area contributed by atoms with Crippen LogP contribution in [0.25, 0.3) is 10.6 Å². The molecule has 2 aromatic carbocycles. The summed E-state index contributed by atoms with van der Waals surface area (Å²) in [6, 6.07) is 16.5. The second-order valence-corrected chi connectivity index (χ2v) is 7.30. The van der Waals surface area contributed by atoms with Gasteiger partial charge >= 0.3 is 5.97 Å². The third-order valence-electron chi connectivity index (χ3n) is 4.40. The average Bonchev–Trinajstić information content (AvgIpc) is 3.23. The Morgan fingerprint density at radius 2 is 1.86 bits per heavy atom. The Bertz CT molecular complexity index is 1080. The normalized spacial score (nSPS) is 14.0. The summed E-state index contributed by atoms with van der Waals surface area (Å²) in [6.07, 6.45) is -1.07. The zero-order chi connectivity index (χ0) is 20.4. The quantitative estimate of drug-likeness (QED) is 0.670. The van der Waals surface area contributed by atoms with Crippen LogP contribution in [0.5, 0.6) is 0 Å². The van der Waals surface area contributed by atoms with Crippen LogP contribution in [-0.4, -0.2) is 35.4 Å². The summed E-state index contributed by atoms with van der Waals surface area (Å²) in [5.74, 6) is -1.46. The van der Waals surface area contributed by atoms with E-state index in [1.54, 1.807) is 29.6 Å². The number of hydrogen-bond acceptors (Lipinski definition) is 6. The molecule has 0 unspecified atom stereocenters. The first kappa shape index (κ1) is 18.8. The number of nitrogens with one attached hydrogen (secondary N) is 1. The molecule has 2 heterocycles. The Morgan fingerprint density at radius 3 is 2.66 bits per heavy atom. The number of carbonyl (C=O) groups is 3. The number of anilines is 2. The SMILES string of the molecule is C[C@H](OC(=O)c1csc(-c2ccccc2)n1)C(=O)N1CC(=O)Nc2ccccc21. The van der Waals surface area contributed by atoms with Gasteiger partial charge in [0.15, 0.2) is 11.8 Å². The number of esters is 1. The van der Waals surface area contributed by atoms with E-state index in [1.165, 1.54) is 23.2 Å². The molecule has 146 valence electrons. The van der Waals surface area contributed by atoms with Crippen LogP contribution in [0.1, 0.15) is 17.4 Å². The van der Waals surface area contributed by atoms with Crippen molar-refractivity contribution in [2.45, 2.75) is 13.0 Å². The first-order valence-corrected chi connectivity index (χ1v) is 9.83. The van der Waals surface area contributed by atoms with Crippen LogP contribution in [-0.2, 0) is 14.3 Å². The number of rotatable bonds is 4. The predicted molar refractivity (Wildman–Crippen MR) is 110 cm³/mol. The van der Waals surface area contributed by atoms with Gasteiger partial charge < -0.3 is 10.1 Å². The van der Waals surface area contributed by atoms with Gasteiger partial charge in [0.2, 0.25) is 5.91 Å². The van der Waals surface area contributed by atoms with E-state index in [0.29, 0.717) is 16.4 Å². The fraction of sp³-hybridized carbons (Fsp3) is 0.143. The Kier molecular flexibility index (Phi) is 5.09. The van der Waals surface area contributed by atoms with Crippen molar-refractivity contribution in [3.63, 3.8) is 0 Å². The van der Waals surface area contributed by atoms with Crippen molar-refractivity contribution >= 4 is 40.5 Å². The van der Waals surface area contributed by atoms with Crippen LogP contribution in [0.15, 0.2) is 60.0 Å². The fourth-order valence-corrected chi connectivity index (χ4v) is 3.80. The number of ether oxygens (including phenoxy) is 1. The van der Waals surface area contributed by atoms with Crippen LogP contribution in [0.3, 0.4) is 0 Å². The van der Waals surface area contributed by atoms with Crippen molar-refractivity contribution in [2.24, 2.45) is 0 Å². The lowest BCUT2D eigenvalue weighted by Crippen LogP contribution is -2.47. The van der Waals surface area contributed by atoms with Crippen molar-refractivity contribution < 1.29 is 19.1 Å².